The number of aliphatic imine (C=N–C) groups is 1. The van der Waals surface area contributed by atoms with Gasteiger partial charge in [0.25, 0.3) is 0 Å². The molecule has 0 bridgehead atoms. The van der Waals surface area contributed by atoms with Crippen molar-refractivity contribution in [3.05, 3.63) is 53.6 Å². The molecule has 3 nitrogen and oxygen atoms in total. The van der Waals surface area contributed by atoms with Crippen LogP contribution >= 0.6 is 0 Å². The van der Waals surface area contributed by atoms with Crippen molar-refractivity contribution >= 4 is 11.4 Å². The monoisotopic (exact) mass is 278 g/mol. The van der Waals surface area contributed by atoms with Gasteiger partial charge in [0.05, 0.1) is 6.54 Å². The number of hydrogen-bond donors (Lipinski definition) is 1. The Kier molecular flexibility index (Phi) is 4.18. The number of nitrogens with zero attached hydrogens (tertiary/aromatic N) is 1. The topological polar surface area (TPSA) is 33.6 Å². The van der Waals surface area contributed by atoms with Crippen LogP contribution in [0.4, 0.5) is 0 Å². The van der Waals surface area contributed by atoms with Crippen LogP contribution in [0.3, 0.4) is 0 Å². The van der Waals surface area contributed by atoms with Crippen LogP contribution in [0.15, 0.2) is 47.5 Å². The van der Waals surface area contributed by atoms with Crippen molar-refractivity contribution in [2.45, 2.75) is 12.5 Å². The number of amidine groups is 1. The summed E-state index contributed by atoms with van der Waals surface area (Å²) in [7, 11) is 1.68. The molecular weight excluding hydrogens is 260 g/mol. The molecule has 1 heterocycles. The van der Waals surface area contributed by atoms with E-state index in [1.807, 2.05) is 6.08 Å². The molecule has 106 valence electrons. The van der Waals surface area contributed by atoms with Crippen molar-refractivity contribution in [2.75, 3.05) is 20.2 Å². The van der Waals surface area contributed by atoms with Gasteiger partial charge in [0.2, 0.25) is 0 Å². The van der Waals surface area contributed by atoms with Crippen LogP contribution in [0, 0.1) is 11.8 Å². The minimum atomic E-state index is -0.127. The summed E-state index contributed by atoms with van der Waals surface area (Å²) in [4.78, 5) is 4.48. The zero-order valence-corrected chi connectivity index (χ0v) is 12.1. The number of rotatable bonds is 3. The average Bonchev–Trinajstić information content (AvgIpc) is 3.02. The Morgan fingerprint density at radius 1 is 1.33 bits per heavy atom. The van der Waals surface area contributed by atoms with E-state index in [2.05, 4.69) is 58.6 Å². The van der Waals surface area contributed by atoms with Crippen LogP contribution in [0.1, 0.15) is 17.5 Å². The van der Waals surface area contributed by atoms with E-state index in [0.717, 1.165) is 30.9 Å². The predicted molar refractivity (Wildman–Crippen MR) is 86.2 cm³/mol. The smallest absolute Gasteiger partial charge is 0.136 e. The van der Waals surface area contributed by atoms with E-state index < -0.39 is 0 Å². The Labute approximate surface area is 125 Å². The lowest BCUT2D eigenvalue weighted by Gasteiger charge is -2.09. The summed E-state index contributed by atoms with van der Waals surface area (Å²) in [6.07, 6.45) is 6.85. The third-order valence-corrected chi connectivity index (χ3v) is 3.52. The maximum atomic E-state index is 5.30. The number of benzene rings is 1. The minimum Gasteiger partial charge on any atom is -0.368 e. The molecule has 0 amide bonds. The van der Waals surface area contributed by atoms with Gasteiger partial charge in [-0.15, -0.1) is 0 Å². The zero-order valence-electron chi connectivity index (χ0n) is 12.1. The molecule has 21 heavy (non-hydrogen) atoms. The second kappa shape index (κ2) is 6.43. The Morgan fingerprint density at radius 2 is 2.24 bits per heavy atom. The van der Waals surface area contributed by atoms with Crippen LogP contribution in [-0.4, -0.2) is 32.1 Å². The molecule has 0 saturated heterocycles. The molecule has 0 aromatic heterocycles. The van der Waals surface area contributed by atoms with E-state index in [1.165, 1.54) is 11.1 Å². The van der Waals surface area contributed by atoms with Gasteiger partial charge in [-0.25, -0.2) is 0 Å². The summed E-state index contributed by atoms with van der Waals surface area (Å²) < 4.78 is 5.30. The third-order valence-electron chi connectivity index (χ3n) is 3.52. The summed E-state index contributed by atoms with van der Waals surface area (Å²) in [5, 5.41) is 3.31. The summed E-state index contributed by atoms with van der Waals surface area (Å²) >= 11 is 0. The number of nitrogens with one attached hydrogen (secondary N) is 1. The fourth-order valence-corrected chi connectivity index (χ4v) is 2.42. The SMILES string of the molecule is COC1C#CC/C=C(/c2cccc(C3=NCCN3)c2)C=C1. The van der Waals surface area contributed by atoms with E-state index in [-0.39, 0.29) is 6.10 Å². The van der Waals surface area contributed by atoms with Gasteiger partial charge in [-0.05, 0) is 23.3 Å². The van der Waals surface area contributed by atoms with E-state index in [1.54, 1.807) is 7.11 Å². The number of ether oxygens (including phenoxy) is 1. The minimum absolute atomic E-state index is 0.127. The first-order chi connectivity index (χ1) is 10.4. The maximum Gasteiger partial charge on any atom is 0.136 e. The Balaban J connectivity index is 1.90. The molecule has 1 aliphatic carbocycles. The molecule has 1 aliphatic heterocycles. The lowest BCUT2D eigenvalue weighted by Crippen LogP contribution is -2.19. The molecule has 0 fully saturated rings. The standard InChI is InChI=1S/C18H18N2O/c1-21-17-8-3-2-5-14(9-10-17)15-6-4-7-16(13-15)18-19-11-12-20-18/h4-7,9-10,13,17H,2,11-12H2,1H3,(H,19,20)/b10-9?,14-5+. The highest BCUT2D eigenvalue weighted by molar-refractivity contribution is 6.00. The number of methoxy groups -OCH3 is 1. The van der Waals surface area contributed by atoms with Gasteiger partial charge in [-0.1, -0.05) is 42.2 Å². The van der Waals surface area contributed by atoms with Crippen molar-refractivity contribution < 1.29 is 4.74 Å². The highest BCUT2D eigenvalue weighted by Gasteiger charge is 2.09. The quantitative estimate of drug-likeness (QED) is 0.861. The molecule has 1 unspecified atom stereocenters. The van der Waals surface area contributed by atoms with Crippen molar-refractivity contribution in [3.63, 3.8) is 0 Å². The molecule has 1 atom stereocenters. The third kappa shape index (κ3) is 3.24. The summed E-state index contributed by atoms with van der Waals surface area (Å²) in [6.45, 7) is 1.78. The van der Waals surface area contributed by atoms with Crippen molar-refractivity contribution in [1.29, 1.82) is 0 Å². The van der Waals surface area contributed by atoms with E-state index in [4.69, 9.17) is 4.74 Å². The molecule has 0 saturated carbocycles. The molecule has 0 spiro atoms. The van der Waals surface area contributed by atoms with E-state index >= 15 is 0 Å². The largest absolute Gasteiger partial charge is 0.368 e. The lowest BCUT2D eigenvalue weighted by atomic mass is 10.00. The summed E-state index contributed by atoms with van der Waals surface area (Å²) in [5.74, 6) is 7.17. The van der Waals surface area contributed by atoms with Crippen molar-refractivity contribution in [3.8, 4) is 11.8 Å². The predicted octanol–water partition coefficient (Wildman–Crippen LogP) is 2.40. The molecule has 0 radical (unpaired) electrons. The molecule has 1 N–H and O–H groups in total. The number of hydrogen-bond acceptors (Lipinski definition) is 3. The van der Waals surface area contributed by atoms with Crippen LogP contribution in [0.25, 0.3) is 5.57 Å². The van der Waals surface area contributed by atoms with Crippen LogP contribution in [0.5, 0.6) is 0 Å². The number of allylic oxidation sites excluding steroid dienone is 3. The lowest BCUT2D eigenvalue weighted by molar-refractivity contribution is 0.184. The fourth-order valence-electron chi connectivity index (χ4n) is 2.42. The van der Waals surface area contributed by atoms with Crippen LogP contribution in [0.2, 0.25) is 0 Å². The van der Waals surface area contributed by atoms with Gasteiger partial charge in [0, 0.05) is 25.6 Å². The first-order valence-electron chi connectivity index (χ1n) is 7.15. The molecular formula is C18H18N2O. The average molecular weight is 278 g/mol. The van der Waals surface area contributed by atoms with Gasteiger partial charge >= 0.3 is 0 Å². The summed E-state index contributed by atoms with van der Waals surface area (Å²) in [5.41, 5.74) is 3.49. The van der Waals surface area contributed by atoms with Gasteiger partial charge in [0.15, 0.2) is 0 Å². The Bertz CT molecular complexity index is 674. The maximum absolute atomic E-state index is 5.30. The normalized spacial score (nSPS) is 23.0. The Morgan fingerprint density at radius 3 is 3.05 bits per heavy atom. The van der Waals surface area contributed by atoms with Crippen LogP contribution in [-0.2, 0) is 4.74 Å². The van der Waals surface area contributed by atoms with E-state index in [9.17, 15) is 0 Å². The zero-order chi connectivity index (χ0) is 14.5. The Hall–Kier alpha value is -2.31. The van der Waals surface area contributed by atoms with Gasteiger partial charge in [0.1, 0.15) is 11.9 Å². The second-order valence-corrected chi connectivity index (χ2v) is 4.94. The molecule has 3 rings (SSSR count). The molecule has 1 aromatic carbocycles. The van der Waals surface area contributed by atoms with E-state index in [0.29, 0.717) is 0 Å². The highest BCUT2D eigenvalue weighted by Crippen LogP contribution is 2.20. The van der Waals surface area contributed by atoms with Crippen molar-refractivity contribution in [2.24, 2.45) is 4.99 Å². The fraction of sp³-hybridized carbons (Fsp3) is 0.278. The van der Waals surface area contributed by atoms with Crippen molar-refractivity contribution in [1.82, 2.24) is 5.32 Å². The second-order valence-electron chi connectivity index (χ2n) is 4.94. The van der Waals surface area contributed by atoms with Gasteiger partial charge < -0.3 is 10.1 Å². The van der Waals surface area contributed by atoms with Gasteiger partial charge in [-0.3, -0.25) is 4.99 Å². The molecule has 3 heteroatoms. The molecule has 2 aliphatic rings. The van der Waals surface area contributed by atoms with Gasteiger partial charge in [-0.2, -0.15) is 0 Å². The first-order valence-corrected chi connectivity index (χ1v) is 7.15. The first kappa shape index (κ1) is 13.7. The summed E-state index contributed by atoms with van der Waals surface area (Å²) in [6, 6.07) is 8.45. The highest BCUT2D eigenvalue weighted by atomic mass is 16.5. The molecule has 1 aromatic rings. The van der Waals surface area contributed by atoms with Crippen LogP contribution < -0.4 is 5.32 Å².